The minimum Gasteiger partial charge on any atom is -0.497 e. The van der Waals surface area contributed by atoms with Gasteiger partial charge in [0, 0.05) is 16.2 Å². The molecule has 0 aliphatic heterocycles. The minimum atomic E-state index is 0. The van der Waals surface area contributed by atoms with Crippen LogP contribution in [0.5, 0.6) is 17.2 Å². The highest BCUT2D eigenvalue weighted by Gasteiger charge is 2.09. The maximum Gasteiger partial charge on any atom is 0.193 e. The van der Waals surface area contributed by atoms with Crippen LogP contribution < -0.4 is 25.3 Å². The molecule has 0 atom stereocenters. The molecule has 0 bridgehead atoms. The fraction of sp³-hybridized carbons (Fsp3) is 0.235. The van der Waals surface area contributed by atoms with E-state index in [1.807, 2.05) is 36.4 Å². The monoisotopic (exact) mass is 521 g/mol. The quantitative estimate of drug-likeness (QED) is 0.341. The van der Waals surface area contributed by atoms with E-state index in [2.05, 4.69) is 26.2 Å². The molecule has 0 spiro atoms. The Bertz CT molecular complexity index is 741. The summed E-state index contributed by atoms with van der Waals surface area (Å²) in [6.07, 6.45) is 0. The first-order chi connectivity index (χ1) is 11.6. The predicted octanol–water partition coefficient (Wildman–Crippen LogP) is 4.02. The number of aliphatic imine (C=N–C) groups is 1. The van der Waals surface area contributed by atoms with E-state index in [1.165, 1.54) is 0 Å². The molecule has 2 aromatic carbocycles. The van der Waals surface area contributed by atoms with Crippen molar-refractivity contribution in [3.05, 3.63) is 46.4 Å². The van der Waals surface area contributed by atoms with Gasteiger partial charge in [-0.25, -0.2) is 4.99 Å². The lowest BCUT2D eigenvalue weighted by Crippen LogP contribution is -2.22. The Labute approximate surface area is 172 Å². The highest BCUT2D eigenvalue weighted by atomic mass is 127. The van der Waals surface area contributed by atoms with E-state index < -0.39 is 0 Å². The summed E-state index contributed by atoms with van der Waals surface area (Å²) in [5.41, 5.74) is 7.69. The van der Waals surface area contributed by atoms with Gasteiger partial charge in [-0.05, 0) is 29.8 Å². The average molecular weight is 522 g/mol. The third-order valence-corrected chi connectivity index (χ3v) is 4.05. The molecular formula is C17H21BrIN3O3. The summed E-state index contributed by atoms with van der Waals surface area (Å²) >= 11 is 3.50. The number of ether oxygens (including phenoxy) is 3. The van der Waals surface area contributed by atoms with Crippen LogP contribution in [0.15, 0.2) is 45.9 Å². The van der Waals surface area contributed by atoms with Crippen molar-refractivity contribution < 1.29 is 14.2 Å². The number of hydrogen-bond donors (Lipinski definition) is 2. The molecule has 0 heterocycles. The Balaban J connectivity index is 0.00000312. The maximum absolute atomic E-state index is 5.95. The lowest BCUT2D eigenvalue weighted by molar-refractivity contribution is 0.354. The molecule has 0 aliphatic carbocycles. The molecular weight excluding hydrogens is 501 g/mol. The van der Waals surface area contributed by atoms with Gasteiger partial charge in [-0.2, -0.15) is 0 Å². The van der Waals surface area contributed by atoms with E-state index in [0.29, 0.717) is 24.0 Å². The molecule has 0 saturated heterocycles. The van der Waals surface area contributed by atoms with Crippen molar-refractivity contribution in [2.24, 2.45) is 10.7 Å². The number of halogens is 2. The molecule has 0 unspecified atom stereocenters. The molecule has 2 aromatic rings. The van der Waals surface area contributed by atoms with Gasteiger partial charge < -0.3 is 25.3 Å². The van der Waals surface area contributed by atoms with Crippen LogP contribution in [0.25, 0.3) is 0 Å². The Morgan fingerprint density at radius 1 is 1.08 bits per heavy atom. The molecule has 25 heavy (non-hydrogen) atoms. The van der Waals surface area contributed by atoms with E-state index in [4.69, 9.17) is 19.9 Å². The normalized spacial score (nSPS) is 10.6. The molecule has 6 nitrogen and oxygen atoms in total. The van der Waals surface area contributed by atoms with Crippen molar-refractivity contribution in [1.82, 2.24) is 0 Å². The van der Waals surface area contributed by atoms with Gasteiger partial charge >= 0.3 is 0 Å². The van der Waals surface area contributed by atoms with Gasteiger partial charge in [0.05, 0.1) is 27.9 Å². The predicted molar refractivity (Wildman–Crippen MR) is 115 cm³/mol. The van der Waals surface area contributed by atoms with Crippen LogP contribution in [0, 0.1) is 0 Å². The molecule has 0 radical (unpaired) electrons. The van der Waals surface area contributed by atoms with E-state index >= 15 is 0 Å². The van der Waals surface area contributed by atoms with Crippen molar-refractivity contribution in [1.29, 1.82) is 0 Å². The third kappa shape index (κ3) is 5.96. The molecule has 0 saturated carbocycles. The first kappa shape index (κ1) is 21.4. The topological polar surface area (TPSA) is 78.1 Å². The number of guanidine groups is 1. The Morgan fingerprint density at radius 3 is 2.40 bits per heavy atom. The standard InChI is InChI=1S/C17H20BrN3O3.HI/c1-22-13-6-4-5-12(8-13)21-17(19)20-10-11-7-15(23-2)16(24-3)9-14(11)18;/h4-9H,10H2,1-3H3,(H3,19,20,21);1H. The number of anilines is 1. The first-order valence-corrected chi connectivity index (χ1v) is 7.98. The average Bonchev–Trinajstić information content (AvgIpc) is 2.60. The van der Waals surface area contributed by atoms with E-state index in [0.717, 1.165) is 21.5 Å². The second-order valence-electron chi connectivity index (χ2n) is 4.86. The SMILES string of the molecule is COc1cccc(NC(N)=NCc2cc(OC)c(OC)cc2Br)c1.I. The van der Waals surface area contributed by atoms with Crippen molar-refractivity contribution in [3.63, 3.8) is 0 Å². The van der Waals surface area contributed by atoms with Crippen LogP contribution in [0.4, 0.5) is 5.69 Å². The first-order valence-electron chi connectivity index (χ1n) is 7.18. The summed E-state index contributed by atoms with van der Waals surface area (Å²) < 4.78 is 16.6. The van der Waals surface area contributed by atoms with Gasteiger partial charge in [0.1, 0.15) is 5.75 Å². The van der Waals surface area contributed by atoms with Crippen LogP contribution in [0.1, 0.15) is 5.56 Å². The third-order valence-electron chi connectivity index (χ3n) is 3.31. The fourth-order valence-corrected chi connectivity index (χ4v) is 2.52. The molecule has 0 aliphatic rings. The number of rotatable bonds is 6. The molecule has 136 valence electrons. The van der Waals surface area contributed by atoms with Crippen molar-refractivity contribution in [3.8, 4) is 17.2 Å². The largest absolute Gasteiger partial charge is 0.497 e. The molecule has 8 heteroatoms. The Kier molecular flexibility index (Phi) is 8.84. The number of benzene rings is 2. The smallest absolute Gasteiger partial charge is 0.193 e. The van der Waals surface area contributed by atoms with E-state index in [9.17, 15) is 0 Å². The molecule has 3 N–H and O–H groups in total. The van der Waals surface area contributed by atoms with Gasteiger partial charge in [-0.15, -0.1) is 24.0 Å². The molecule has 2 rings (SSSR count). The lowest BCUT2D eigenvalue weighted by Gasteiger charge is -2.11. The number of nitrogens with zero attached hydrogens (tertiary/aromatic N) is 1. The van der Waals surface area contributed by atoms with Crippen LogP contribution in [-0.2, 0) is 6.54 Å². The van der Waals surface area contributed by atoms with E-state index in [1.54, 1.807) is 21.3 Å². The van der Waals surface area contributed by atoms with E-state index in [-0.39, 0.29) is 24.0 Å². The highest BCUT2D eigenvalue weighted by Crippen LogP contribution is 2.33. The molecule has 0 amide bonds. The van der Waals surface area contributed by atoms with Gasteiger partial charge in [0.15, 0.2) is 17.5 Å². The van der Waals surface area contributed by atoms with Gasteiger partial charge in [-0.3, -0.25) is 0 Å². The van der Waals surface area contributed by atoms with Crippen LogP contribution >= 0.6 is 39.9 Å². The van der Waals surface area contributed by atoms with Crippen molar-refractivity contribution in [2.75, 3.05) is 26.6 Å². The second kappa shape index (κ2) is 10.3. The summed E-state index contributed by atoms with van der Waals surface area (Å²) in [6.45, 7) is 0.393. The zero-order valence-electron chi connectivity index (χ0n) is 14.2. The highest BCUT2D eigenvalue weighted by molar-refractivity contribution is 14.0. The molecule has 0 fully saturated rings. The van der Waals surface area contributed by atoms with Crippen molar-refractivity contribution in [2.45, 2.75) is 6.54 Å². The minimum absolute atomic E-state index is 0. The zero-order valence-corrected chi connectivity index (χ0v) is 18.1. The number of nitrogens with two attached hydrogens (primary N) is 1. The van der Waals surface area contributed by atoms with Crippen LogP contribution in [-0.4, -0.2) is 27.3 Å². The molecule has 0 aromatic heterocycles. The summed E-state index contributed by atoms with van der Waals surface area (Å²) in [6, 6.07) is 11.2. The maximum atomic E-state index is 5.95. The number of nitrogens with one attached hydrogen (secondary N) is 1. The van der Waals surface area contributed by atoms with Crippen LogP contribution in [0.2, 0.25) is 0 Å². The summed E-state index contributed by atoms with van der Waals surface area (Å²) in [7, 11) is 4.81. The summed E-state index contributed by atoms with van der Waals surface area (Å²) in [4.78, 5) is 4.35. The Morgan fingerprint density at radius 2 is 1.76 bits per heavy atom. The van der Waals surface area contributed by atoms with Gasteiger partial charge in [0.25, 0.3) is 0 Å². The zero-order chi connectivity index (χ0) is 17.5. The number of hydrogen-bond acceptors (Lipinski definition) is 4. The lowest BCUT2D eigenvalue weighted by atomic mass is 10.2. The van der Waals surface area contributed by atoms with Crippen molar-refractivity contribution >= 4 is 51.6 Å². The van der Waals surface area contributed by atoms with Gasteiger partial charge in [-0.1, -0.05) is 22.0 Å². The fourth-order valence-electron chi connectivity index (χ4n) is 2.08. The van der Waals surface area contributed by atoms with Crippen LogP contribution in [0.3, 0.4) is 0 Å². The Hall–Kier alpha value is -1.68. The second-order valence-corrected chi connectivity index (χ2v) is 5.71. The summed E-state index contributed by atoms with van der Waals surface area (Å²) in [5, 5.41) is 3.03. The van der Waals surface area contributed by atoms with Gasteiger partial charge in [0.2, 0.25) is 0 Å². The summed E-state index contributed by atoms with van der Waals surface area (Å²) in [5.74, 6) is 2.35. The number of methoxy groups -OCH3 is 3.